The topological polar surface area (TPSA) is 75.7 Å². The average Bonchev–Trinajstić information content (AvgIpc) is 3.62. The number of nitrogens with zero attached hydrogens (tertiary/aromatic N) is 1. The summed E-state index contributed by atoms with van der Waals surface area (Å²) in [5, 5.41) is 0.602. The largest absolute Gasteiger partial charge is 0.493 e. The zero-order valence-corrected chi connectivity index (χ0v) is 22.4. The molecule has 202 valence electrons. The van der Waals surface area contributed by atoms with Crippen LogP contribution >= 0.6 is 23.2 Å². The summed E-state index contributed by atoms with van der Waals surface area (Å²) in [6.45, 7) is 1.10. The van der Waals surface area contributed by atoms with Crippen LogP contribution in [-0.2, 0) is 10.0 Å². The van der Waals surface area contributed by atoms with Gasteiger partial charge in [0.1, 0.15) is 11.6 Å². The van der Waals surface area contributed by atoms with Gasteiger partial charge in [-0.25, -0.2) is 26.3 Å². The molecule has 1 atom stereocenters. The predicted octanol–water partition coefficient (Wildman–Crippen LogP) is 5.80. The van der Waals surface area contributed by atoms with Crippen LogP contribution in [0.5, 0.6) is 5.75 Å². The Balaban J connectivity index is 1.41. The van der Waals surface area contributed by atoms with Crippen LogP contribution in [0, 0.1) is 11.7 Å². The molecule has 0 unspecified atom stereocenters. The molecule has 0 spiro atoms. The molecule has 1 N–H and O–H groups in total. The molecular weight excluding hydrogens is 552 g/mol. The minimum Gasteiger partial charge on any atom is -0.493 e. The highest BCUT2D eigenvalue weighted by Gasteiger charge is 2.34. The predicted molar refractivity (Wildman–Crippen MR) is 136 cm³/mol. The van der Waals surface area contributed by atoms with Crippen LogP contribution in [0.1, 0.15) is 59.1 Å². The molecule has 6 nitrogen and oxygen atoms in total. The van der Waals surface area contributed by atoms with Gasteiger partial charge in [0.15, 0.2) is 0 Å². The highest BCUT2D eigenvalue weighted by Crippen LogP contribution is 2.45. The van der Waals surface area contributed by atoms with Gasteiger partial charge in [-0.1, -0.05) is 23.2 Å². The highest BCUT2D eigenvalue weighted by molar-refractivity contribution is 7.89. The number of nitrogens with one attached hydrogen (secondary N) is 1. The van der Waals surface area contributed by atoms with E-state index in [1.165, 1.54) is 24.3 Å². The van der Waals surface area contributed by atoms with E-state index in [2.05, 4.69) is 0 Å². The molecule has 0 aromatic heterocycles. The molecule has 1 saturated heterocycles. The van der Waals surface area contributed by atoms with Gasteiger partial charge >= 0.3 is 0 Å². The lowest BCUT2D eigenvalue weighted by molar-refractivity contribution is 0.00318. The van der Waals surface area contributed by atoms with Crippen LogP contribution in [0.25, 0.3) is 0 Å². The number of halogens is 5. The molecule has 1 amide bonds. The Morgan fingerprint density at radius 2 is 1.70 bits per heavy atom. The molecular formula is C25H27Cl2F3N2O4S. The number of piperidine rings is 1. The summed E-state index contributed by atoms with van der Waals surface area (Å²) in [6, 6.07) is 5.87. The van der Waals surface area contributed by atoms with E-state index in [-0.39, 0.29) is 24.0 Å². The number of alkyl halides is 2. The SMILES string of the molecule is CS(=O)(=O)NC(=O)c1cc(C2CC2)c(OCC2CCN([C@@H](c3cc(Cl)cc(Cl)c3)C(F)F)CC2)cc1F. The zero-order valence-electron chi connectivity index (χ0n) is 20.0. The Hall–Kier alpha value is -2.01. The van der Waals surface area contributed by atoms with Crippen molar-refractivity contribution in [3.63, 3.8) is 0 Å². The third kappa shape index (κ3) is 7.31. The first-order valence-corrected chi connectivity index (χ1v) is 14.5. The fourth-order valence-electron chi connectivity index (χ4n) is 4.67. The number of rotatable bonds is 9. The van der Waals surface area contributed by atoms with Crippen molar-refractivity contribution in [2.24, 2.45) is 5.92 Å². The van der Waals surface area contributed by atoms with Crippen LogP contribution in [0.2, 0.25) is 10.0 Å². The molecule has 2 aliphatic rings. The van der Waals surface area contributed by atoms with E-state index in [1.54, 1.807) is 9.62 Å². The van der Waals surface area contributed by atoms with Crippen molar-refractivity contribution in [2.75, 3.05) is 26.0 Å². The fraction of sp³-hybridized carbons (Fsp3) is 0.480. The molecule has 2 aromatic rings. The molecule has 1 aliphatic carbocycles. The van der Waals surface area contributed by atoms with Crippen molar-refractivity contribution in [3.05, 3.63) is 62.9 Å². The Morgan fingerprint density at radius 1 is 1.08 bits per heavy atom. The van der Waals surface area contributed by atoms with Gasteiger partial charge < -0.3 is 4.74 Å². The smallest absolute Gasteiger partial charge is 0.267 e. The summed E-state index contributed by atoms with van der Waals surface area (Å²) in [5.74, 6) is -1.41. The molecule has 4 rings (SSSR count). The van der Waals surface area contributed by atoms with Crippen LogP contribution in [0.15, 0.2) is 30.3 Å². The Bertz CT molecular complexity index is 1250. The van der Waals surface area contributed by atoms with E-state index in [0.717, 1.165) is 25.2 Å². The summed E-state index contributed by atoms with van der Waals surface area (Å²) in [7, 11) is -3.84. The number of carbonyl (C=O) groups is 1. The zero-order chi connectivity index (χ0) is 26.9. The van der Waals surface area contributed by atoms with Gasteiger partial charge in [0.25, 0.3) is 12.3 Å². The van der Waals surface area contributed by atoms with Crippen LogP contribution in [-0.4, -0.2) is 51.6 Å². The first kappa shape index (κ1) is 28.0. The van der Waals surface area contributed by atoms with Crippen LogP contribution < -0.4 is 9.46 Å². The van der Waals surface area contributed by atoms with E-state index >= 15 is 0 Å². The summed E-state index contributed by atoms with van der Waals surface area (Å²) < 4.78 is 73.2. The van der Waals surface area contributed by atoms with Gasteiger partial charge in [-0.3, -0.25) is 9.69 Å². The minimum absolute atomic E-state index is 0.0702. The second kappa shape index (κ2) is 11.4. The van der Waals surface area contributed by atoms with Gasteiger partial charge in [0, 0.05) is 16.1 Å². The van der Waals surface area contributed by atoms with Crippen LogP contribution in [0.4, 0.5) is 13.2 Å². The normalized spacial score (nSPS) is 18.1. The van der Waals surface area contributed by atoms with Gasteiger partial charge in [-0.2, -0.15) is 0 Å². The summed E-state index contributed by atoms with van der Waals surface area (Å²) >= 11 is 12.1. The van der Waals surface area contributed by atoms with Crippen molar-refractivity contribution in [1.29, 1.82) is 0 Å². The lowest BCUT2D eigenvalue weighted by Gasteiger charge is -2.37. The van der Waals surface area contributed by atoms with Crippen molar-refractivity contribution in [1.82, 2.24) is 9.62 Å². The van der Waals surface area contributed by atoms with Crippen molar-refractivity contribution >= 4 is 39.1 Å². The van der Waals surface area contributed by atoms with Crippen molar-refractivity contribution in [2.45, 2.75) is 44.1 Å². The van der Waals surface area contributed by atoms with E-state index in [0.29, 0.717) is 52.9 Å². The van der Waals surface area contributed by atoms with E-state index < -0.39 is 34.2 Å². The summed E-state index contributed by atoms with van der Waals surface area (Å²) in [4.78, 5) is 13.9. The molecule has 12 heteroatoms. The summed E-state index contributed by atoms with van der Waals surface area (Å²) in [6.07, 6.45) is 1.12. The maximum atomic E-state index is 14.7. The van der Waals surface area contributed by atoms with Crippen molar-refractivity contribution < 1.29 is 31.1 Å². The van der Waals surface area contributed by atoms with Gasteiger partial charge in [0.05, 0.1) is 24.5 Å². The molecule has 37 heavy (non-hydrogen) atoms. The second-order valence-corrected chi connectivity index (χ2v) is 12.2. The number of sulfonamides is 1. The molecule has 1 heterocycles. The maximum Gasteiger partial charge on any atom is 0.267 e. The highest BCUT2D eigenvalue weighted by atomic mass is 35.5. The Labute approximate surface area is 224 Å². The van der Waals surface area contributed by atoms with Gasteiger partial charge in [0.2, 0.25) is 10.0 Å². The number of ether oxygens (including phenoxy) is 1. The number of carbonyl (C=O) groups excluding carboxylic acids is 1. The average molecular weight is 579 g/mol. The van der Waals surface area contributed by atoms with Crippen LogP contribution in [0.3, 0.4) is 0 Å². The standard InChI is InChI=1S/C25H27Cl2F3N2O4S/c1-37(34,35)31-25(33)20-11-19(15-2-3-15)22(12-21(20)28)36-13-14-4-6-32(7-5-14)23(24(29)30)16-8-17(26)10-18(27)9-16/h8-12,14-15,23-24H,2-7,13H2,1H3,(H,31,33)/t23-/m0/s1. The number of likely N-dealkylation sites (tertiary alicyclic amines) is 1. The van der Waals surface area contributed by atoms with E-state index in [1.807, 2.05) is 0 Å². The molecule has 2 fully saturated rings. The first-order chi connectivity index (χ1) is 17.4. The first-order valence-electron chi connectivity index (χ1n) is 11.9. The summed E-state index contributed by atoms with van der Waals surface area (Å²) in [5.41, 5.74) is 0.673. The molecule has 1 saturated carbocycles. The lowest BCUT2D eigenvalue weighted by Crippen LogP contribution is -2.40. The molecule has 0 radical (unpaired) electrons. The number of hydrogen-bond acceptors (Lipinski definition) is 5. The fourth-order valence-corrected chi connectivity index (χ4v) is 5.66. The third-order valence-electron chi connectivity index (χ3n) is 6.62. The molecule has 0 bridgehead atoms. The van der Waals surface area contributed by atoms with Gasteiger partial charge in [-0.05, 0) is 86.0 Å². The van der Waals surface area contributed by atoms with Gasteiger partial charge in [-0.15, -0.1) is 0 Å². The molecule has 1 aliphatic heterocycles. The second-order valence-electron chi connectivity index (χ2n) is 9.62. The number of benzene rings is 2. The van der Waals surface area contributed by atoms with E-state index in [9.17, 15) is 26.4 Å². The third-order valence-corrected chi connectivity index (χ3v) is 7.61. The number of amides is 1. The van der Waals surface area contributed by atoms with Crippen molar-refractivity contribution in [3.8, 4) is 5.75 Å². The number of hydrogen-bond donors (Lipinski definition) is 1. The Morgan fingerprint density at radius 3 is 2.24 bits per heavy atom. The monoisotopic (exact) mass is 578 g/mol. The Kier molecular flexibility index (Phi) is 8.62. The van der Waals surface area contributed by atoms with E-state index in [4.69, 9.17) is 27.9 Å². The lowest BCUT2D eigenvalue weighted by atomic mass is 9.94. The molecule has 2 aromatic carbocycles. The minimum atomic E-state index is -3.84. The maximum absolute atomic E-state index is 14.7. The quantitative estimate of drug-likeness (QED) is 0.407.